The highest BCUT2D eigenvalue weighted by atomic mass is 16.3. The first kappa shape index (κ1) is 17.5. The van der Waals surface area contributed by atoms with E-state index in [1.807, 2.05) is 0 Å². The van der Waals surface area contributed by atoms with E-state index in [0.717, 1.165) is 0 Å². The summed E-state index contributed by atoms with van der Waals surface area (Å²) in [6, 6.07) is 12.1. The van der Waals surface area contributed by atoms with Crippen LogP contribution in [0.4, 0.5) is 0 Å². The van der Waals surface area contributed by atoms with E-state index >= 15 is 0 Å². The van der Waals surface area contributed by atoms with Crippen LogP contribution in [0.3, 0.4) is 0 Å². The lowest BCUT2D eigenvalue weighted by molar-refractivity contribution is 0.442. The van der Waals surface area contributed by atoms with E-state index < -0.39 is 5.92 Å². The van der Waals surface area contributed by atoms with Crippen LogP contribution in [-0.2, 0) is 0 Å². The highest BCUT2D eigenvalue weighted by molar-refractivity contribution is 5.58. The molecule has 5 nitrogen and oxygen atoms in total. The van der Waals surface area contributed by atoms with Gasteiger partial charge in [-0.25, -0.2) is 0 Å². The Labute approximate surface area is 151 Å². The topological polar surface area (TPSA) is 101 Å². The second-order valence-electron chi connectivity index (χ2n) is 6.42. The summed E-state index contributed by atoms with van der Waals surface area (Å²) in [7, 11) is 0. The Morgan fingerprint density at radius 2 is 1.00 bits per heavy atom. The summed E-state index contributed by atoms with van der Waals surface area (Å²) >= 11 is 0. The molecule has 0 aromatic heterocycles. The fourth-order valence-electron chi connectivity index (χ4n) is 3.05. The van der Waals surface area contributed by atoms with E-state index in [1.165, 1.54) is 36.4 Å². The van der Waals surface area contributed by atoms with Gasteiger partial charge in [0.25, 0.3) is 0 Å². The zero-order valence-corrected chi connectivity index (χ0v) is 14.4. The van der Waals surface area contributed by atoms with Crippen molar-refractivity contribution in [2.75, 3.05) is 0 Å². The van der Waals surface area contributed by atoms with Gasteiger partial charge < -0.3 is 25.5 Å². The predicted molar refractivity (Wildman–Crippen MR) is 98.1 cm³/mol. The Kier molecular flexibility index (Phi) is 4.38. The van der Waals surface area contributed by atoms with Crippen molar-refractivity contribution in [2.24, 2.45) is 0 Å². The molecule has 0 aliphatic heterocycles. The number of aromatic hydroxyl groups is 5. The van der Waals surface area contributed by atoms with Crippen LogP contribution < -0.4 is 0 Å². The lowest BCUT2D eigenvalue weighted by atomic mass is 9.83. The molecule has 0 aliphatic rings. The van der Waals surface area contributed by atoms with Crippen molar-refractivity contribution < 1.29 is 25.5 Å². The van der Waals surface area contributed by atoms with Gasteiger partial charge in [0.1, 0.15) is 28.7 Å². The molecule has 26 heavy (non-hydrogen) atoms. The maximum absolute atomic E-state index is 10.5. The molecule has 0 amide bonds. The number of rotatable bonds is 3. The van der Waals surface area contributed by atoms with Crippen LogP contribution in [0.1, 0.15) is 33.7 Å². The lowest BCUT2D eigenvalue weighted by Gasteiger charge is -2.22. The second kappa shape index (κ2) is 6.52. The Hall–Kier alpha value is -3.34. The largest absolute Gasteiger partial charge is 0.508 e. The quantitative estimate of drug-likeness (QED) is 0.362. The summed E-state index contributed by atoms with van der Waals surface area (Å²) in [5.41, 5.74) is 2.45. The first-order chi connectivity index (χ1) is 12.3. The monoisotopic (exact) mass is 352 g/mol. The van der Waals surface area contributed by atoms with Crippen molar-refractivity contribution in [1.82, 2.24) is 0 Å². The minimum Gasteiger partial charge on any atom is -0.508 e. The van der Waals surface area contributed by atoms with Crippen molar-refractivity contribution >= 4 is 0 Å². The van der Waals surface area contributed by atoms with Crippen molar-refractivity contribution in [3.63, 3.8) is 0 Å². The maximum atomic E-state index is 10.5. The minimum atomic E-state index is -0.659. The molecule has 0 aliphatic carbocycles. The van der Waals surface area contributed by atoms with Crippen molar-refractivity contribution in [1.29, 1.82) is 0 Å². The summed E-state index contributed by atoms with van der Waals surface area (Å²) in [6.07, 6.45) is 0. The third kappa shape index (κ3) is 3.11. The van der Waals surface area contributed by atoms with E-state index in [1.54, 1.807) is 26.0 Å². The van der Waals surface area contributed by atoms with E-state index in [9.17, 15) is 25.5 Å². The number of benzene rings is 3. The average molecular weight is 352 g/mol. The van der Waals surface area contributed by atoms with Gasteiger partial charge in [-0.1, -0.05) is 12.1 Å². The van der Waals surface area contributed by atoms with Crippen molar-refractivity contribution in [3.05, 3.63) is 76.3 Å². The van der Waals surface area contributed by atoms with Crippen LogP contribution >= 0.6 is 0 Å². The highest BCUT2D eigenvalue weighted by Crippen LogP contribution is 2.44. The van der Waals surface area contributed by atoms with Crippen LogP contribution in [0.15, 0.2) is 48.5 Å². The molecule has 5 heteroatoms. The summed E-state index contributed by atoms with van der Waals surface area (Å²) < 4.78 is 0. The smallest absolute Gasteiger partial charge is 0.120 e. The molecular formula is C21H20O5. The molecule has 0 saturated carbocycles. The Bertz CT molecular complexity index is 904. The maximum Gasteiger partial charge on any atom is 0.120 e. The van der Waals surface area contributed by atoms with Crippen LogP contribution in [0.25, 0.3) is 0 Å². The fraction of sp³-hybridized carbons (Fsp3) is 0.143. The first-order valence-corrected chi connectivity index (χ1v) is 8.11. The molecule has 3 aromatic rings. The van der Waals surface area contributed by atoms with E-state index in [0.29, 0.717) is 27.8 Å². The zero-order valence-electron chi connectivity index (χ0n) is 14.4. The average Bonchev–Trinajstić information content (AvgIpc) is 2.58. The fourth-order valence-corrected chi connectivity index (χ4v) is 3.05. The Morgan fingerprint density at radius 1 is 0.577 bits per heavy atom. The number of phenols is 5. The van der Waals surface area contributed by atoms with Gasteiger partial charge in [0.05, 0.1) is 0 Å². The second-order valence-corrected chi connectivity index (χ2v) is 6.42. The van der Waals surface area contributed by atoms with Gasteiger partial charge in [-0.2, -0.15) is 0 Å². The normalized spacial score (nSPS) is 11.0. The molecule has 0 saturated heterocycles. The molecular weight excluding hydrogens is 332 g/mol. The lowest BCUT2D eigenvalue weighted by Crippen LogP contribution is -2.05. The number of hydrogen-bond donors (Lipinski definition) is 5. The molecule has 3 aromatic carbocycles. The summed E-state index contributed by atoms with van der Waals surface area (Å²) in [5.74, 6) is -0.640. The standard InChI is InChI=1S/C21H20O5/c1-11-7-19(25)15(9-17(11)23)21(13-3-5-14(22)6-4-13)16-10-18(24)12(2)8-20(16)26/h3-10,21-26H,1-2H3. The van der Waals surface area contributed by atoms with Gasteiger partial charge in [-0.3, -0.25) is 0 Å². The van der Waals surface area contributed by atoms with Crippen molar-refractivity contribution in [3.8, 4) is 28.7 Å². The van der Waals surface area contributed by atoms with Crippen molar-refractivity contribution in [2.45, 2.75) is 19.8 Å². The molecule has 134 valence electrons. The minimum absolute atomic E-state index is 0.0115. The zero-order chi connectivity index (χ0) is 19.0. The van der Waals surface area contributed by atoms with E-state index in [-0.39, 0.29) is 28.7 Å². The van der Waals surface area contributed by atoms with Crippen LogP contribution in [0.2, 0.25) is 0 Å². The Balaban J connectivity index is 2.29. The number of aryl methyl sites for hydroxylation is 2. The molecule has 0 atom stereocenters. The third-order valence-corrected chi connectivity index (χ3v) is 4.54. The Morgan fingerprint density at radius 3 is 1.42 bits per heavy atom. The summed E-state index contributed by atoms with van der Waals surface area (Å²) in [6.45, 7) is 3.34. The van der Waals surface area contributed by atoms with E-state index in [2.05, 4.69) is 0 Å². The highest BCUT2D eigenvalue weighted by Gasteiger charge is 2.25. The number of hydrogen-bond acceptors (Lipinski definition) is 5. The van der Waals surface area contributed by atoms with E-state index in [4.69, 9.17) is 0 Å². The molecule has 5 N–H and O–H groups in total. The van der Waals surface area contributed by atoms with Gasteiger partial charge in [-0.05, 0) is 66.9 Å². The van der Waals surface area contributed by atoms with Crippen LogP contribution in [0, 0.1) is 13.8 Å². The molecule has 0 spiro atoms. The van der Waals surface area contributed by atoms with Crippen LogP contribution in [-0.4, -0.2) is 25.5 Å². The third-order valence-electron chi connectivity index (χ3n) is 4.54. The molecule has 0 heterocycles. The SMILES string of the molecule is Cc1cc(O)c(C(c2ccc(O)cc2)c2cc(O)c(C)cc2O)cc1O. The number of phenolic OH excluding ortho intramolecular Hbond substituents is 5. The van der Waals surface area contributed by atoms with Gasteiger partial charge in [0.2, 0.25) is 0 Å². The summed E-state index contributed by atoms with van der Waals surface area (Å²) in [4.78, 5) is 0. The van der Waals surface area contributed by atoms with Gasteiger partial charge in [-0.15, -0.1) is 0 Å². The van der Waals surface area contributed by atoms with Gasteiger partial charge in [0.15, 0.2) is 0 Å². The molecule has 0 unspecified atom stereocenters. The summed E-state index contributed by atoms with van der Waals surface area (Å²) in [5, 5.41) is 50.8. The predicted octanol–water partition coefficient (Wildman–Crippen LogP) is 4.01. The molecule has 3 rings (SSSR count). The molecule has 0 bridgehead atoms. The van der Waals surface area contributed by atoms with Crippen LogP contribution in [0.5, 0.6) is 28.7 Å². The molecule has 0 radical (unpaired) electrons. The van der Waals surface area contributed by atoms with Gasteiger partial charge in [0, 0.05) is 17.0 Å². The van der Waals surface area contributed by atoms with Gasteiger partial charge >= 0.3 is 0 Å². The molecule has 0 fully saturated rings. The first-order valence-electron chi connectivity index (χ1n) is 8.11.